The van der Waals surface area contributed by atoms with E-state index in [-0.39, 0.29) is 17.2 Å². The van der Waals surface area contributed by atoms with Gasteiger partial charge < -0.3 is 15.2 Å². The van der Waals surface area contributed by atoms with Crippen LogP contribution in [0.4, 0.5) is 5.69 Å². The topological polar surface area (TPSA) is 75.6 Å². The highest BCUT2D eigenvalue weighted by atomic mass is 16.5. The van der Waals surface area contributed by atoms with Gasteiger partial charge in [-0.25, -0.2) is 4.79 Å². The van der Waals surface area contributed by atoms with Crippen LogP contribution in [0.2, 0.25) is 0 Å². The first-order valence-corrected chi connectivity index (χ1v) is 5.64. The number of fused-ring (bicyclic) bond motifs is 1. The molecule has 0 bridgehead atoms. The van der Waals surface area contributed by atoms with E-state index in [1.54, 1.807) is 24.3 Å². The minimum absolute atomic E-state index is 0.0369. The first-order chi connectivity index (χ1) is 9.01. The highest BCUT2D eigenvalue weighted by molar-refractivity contribution is 6.00. The lowest BCUT2D eigenvalue weighted by Crippen LogP contribution is -2.05. The van der Waals surface area contributed by atoms with Crippen LogP contribution in [0.25, 0.3) is 10.8 Å². The van der Waals surface area contributed by atoms with Crippen molar-refractivity contribution in [2.24, 2.45) is 0 Å². The summed E-state index contributed by atoms with van der Waals surface area (Å²) in [7, 11) is 1.28. The van der Waals surface area contributed by atoms with Crippen molar-refractivity contribution in [3.8, 4) is 5.75 Å². The molecule has 0 heterocycles. The number of methoxy groups -OCH3 is 1. The summed E-state index contributed by atoms with van der Waals surface area (Å²) in [4.78, 5) is 22.4. The van der Waals surface area contributed by atoms with Crippen LogP contribution in [0.5, 0.6) is 5.75 Å². The predicted octanol–water partition coefficient (Wildman–Crippen LogP) is 2.29. The molecule has 0 saturated carbocycles. The molecule has 19 heavy (non-hydrogen) atoms. The van der Waals surface area contributed by atoms with E-state index in [4.69, 9.17) is 0 Å². The van der Waals surface area contributed by atoms with Crippen molar-refractivity contribution in [3.05, 3.63) is 35.9 Å². The second-order valence-electron chi connectivity index (χ2n) is 4.10. The fraction of sp³-hybridized carbons (Fsp3) is 0.143. The van der Waals surface area contributed by atoms with Crippen LogP contribution in [-0.4, -0.2) is 24.1 Å². The molecule has 0 aliphatic carbocycles. The van der Waals surface area contributed by atoms with Crippen molar-refractivity contribution in [2.45, 2.75) is 6.92 Å². The Kier molecular flexibility index (Phi) is 3.37. The summed E-state index contributed by atoms with van der Waals surface area (Å²) < 4.78 is 4.61. The second kappa shape index (κ2) is 4.97. The molecule has 2 aromatic rings. The van der Waals surface area contributed by atoms with Crippen molar-refractivity contribution >= 4 is 28.3 Å². The Labute approximate surface area is 109 Å². The van der Waals surface area contributed by atoms with Crippen LogP contribution in [0.1, 0.15) is 17.3 Å². The maximum atomic E-state index is 11.4. The van der Waals surface area contributed by atoms with E-state index in [1.165, 1.54) is 20.1 Å². The molecule has 0 saturated heterocycles. The number of carbonyl (C=O) groups is 2. The van der Waals surface area contributed by atoms with E-state index in [0.29, 0.717) is 16.5 Å². The van der Waals surface area contributed by atoms with Crippen molar-refractivity contribution < 1.29 is 19.4 Å². The third kappa shape index (κ3) is 2.65. The minimum Gasteiger partial charge on any atom is -0.507 e. The van der Waals surface area contributed by atoms with Gasteiger partial charge in [-0.05, 0) is 29.7 Å². The number of esters is 1. The van der Waals surface area contributed by atoms with Gasteiger partial charge in [0, 0.05) is 18.0 Å². The van der Waals surface area contributed by atoms with E-state index < -0.39 is 5.97 Å². The van der Waals surface area contributed by atoms with E-state index in [0.717, 1.165) is 0 Å². The van der Waals surface area contributed by atoms with Gasteiger partial charge in [0.15, 0.2) is 0 Å². The van der Waals surface area contributed by atoms with Gasteiger partial charge in [0.25, 0.3) is 0 Å². The fourth-order valence-electron chi connectivity index (χ4n) is 1.85. The second-order valence-corrected chi connectivity index (χ2v) is 4.10. The normalized spacial score (nSPS) is 10.2. The molecule has 1 amide bonds. The van der Waals surface area contributed by atoms with Crippen molar-refractivity contribution in [3.63, 3.8) is 0 Å². The lowest BCUT2D eigenvalue weighted by molar-refractivity contribution is -0.114. The number of anilines is 1. The molecule has 5 heteroatoms. The zero-order valence-electron chi connectivity index (χ0n) is 10.6. The molecular weight excluding hydrogens is 246 g/mol. The zero-order valence-corrected chi connectivity index (χ0v) is 10.6. The first-order valence-electron chi connectivity index (χ1n) is 5.64. The number of hydrogen-bond acceptors (Lipinski definition) is 4. The van der Waals surface area contributed by atoms with Gasteiger partial charge in [0.2, 0.25) is 5.91 Å². The number of hydrogen-bond donors (Lipinski definition) is 2. The van der Waals surface area contributed by atoms with E-state index in [9.17, 15) is 14.7 Å². The summed E-state index contributed by atoms with van der Waals surface area (Å²) in [5, 5.41) is 13.8. The first kappa shape index (κ1) is 12.9. The largest absolute Gasteiger partial charge is 0.507 e. The van der Waals surface area contributed by atoms with Gasteiger partial charge in [-0.15, -0.1) is 0 Å². The van der Waals surface area contributed by atoms with Crippen molar-refractivity contribution in [2.75, 3.05) is 12.4 Å². The number of carbonyl (C=O) groups excluding carboxylic acids is 2. The van der Waals surface area contributed by atoms with Gasteiger partial charge in [0.05, 0.1) is 12.7 Å². The summed E-state index contributed by atoms with van der Waals surface area (Å²) in [6.07, 6.45) is 0. The molecule has 0 aliphatic heterocycles. The standard InChI is InChI=1S/C14H13NO4/c1-8(16)15-11-4-3-9-5-10(14(18)19-2)6-13(17)12(9)7-11/h3-7,17H,1-2H3,(H,15,16). The molecule has 5 nitrogen and oxygen atoms in total. The number of nitrogens with one attached hydrogen (secondary N) is 1. The van der Waals surface area contributed by atoms with Crippen LogP contribution in [-0.2, 0) is 9.53 Å². The number of amides is 1. The summed E-state index contributed by atoms with van der Waals surface area (Å²) in [5.74, 6) is -0.738. The average molecular weight is 259 g/mol. The quantitative estimate of drug-likeness (QED) is 0.811. The lowest BCUT2D eigenvalue weighted by Gasteiger charge is -2.07. The Morgan fingerprint density at radius 2 is 1.95 bits per heavy atom. The maximum Gasteiger partial charge on any atom is 0.338 e. The maximum absolute atomic E-state index is 11.4. The Morgan fingerprint density at radius 1 is 1.21 bits per heavy atom. The summed E-state index contributed by atoms with van der Waals surface area (Å²) >= 11 is 0. The van der Waals surface area contributed by atoms with Crippen molar-refractivity contribution in [1.29, 1.82) is 0 Å². The fourth-order valence-corrected chi connectivity index (χ4v) is 1.85. The molecule has 2 aromatic carbocycles. The van der Waals surface area contributed by atoms with Crippen LogP contribution in [0.15, 0.2) is 30.3 Å². The SMILES string of the molecule is COC(=O)c1cc(O)c2cc(NC(C)=O)ccc2c1. The van der Waals surface area contributed by atoms with Crippen LogP contribution >= 0.6 is 0 Å². The summed E-state index contributed by atoms with van der Waals surface area (Å²) in [6, 6.07) is 8.02. The van der Waals surface area contributed by atoms with Crippen LogP contribution in [0, 0.1) is 0 Å². The molecule has 0 aromatic heterocycles. The monoisotopic (exact) mass is 259 g/mol. The molecule has 98 valence electrons. The molecule has 0 spiro atoms. The molecule has 0 fully saturated rings. The molecule has 2 N–H and O–H groups in total. The predicted molar refractivity (Wildman–Crippen MR) is 71.3 cm³/mol. The lowest BCUT2D eigenvalue weighted by atomic mass is 10.0. The Hall–Kier alpha value is -2.56. The number of rotatable bonds is 2. The van der Waals surface area contributed by atoms with Crippen LogP contribution < -0.4 is 5.32 Å². The number of benzene rings is 2. The van der Waals surface area contributed by atoms with Gasteiger partial charge in [-0.1, -0.05) is 6.07 Å². The zero-order chi connectivity index (χ0) is 14.0. The molecule has 0 aliphatic rings. The van der Waals surface area contributed by atoms with Gasteiger partial charge in [-0.3, -0.25) is 4.79 Å². The molecule has 0 atom stereocenters. The number of ether oxygens (including phenoxy) is 1. The van der Waals surface area contributed by atoms with E-state index in [2.05, 4.69) is 10.1 Å². The smallest absolute Gasteiger partial charge is 0.338 e. The molecule has 2 rings (SSSR count). The number of phenols is 1. The molecular formula is C14H13NO4. The third-order valence-corrected chi connectivity index (χ3v) is 2.67. The average Bonchev–Trinajstić information content (AvgIpc) is 2.37. The van der Waals surface area contributed by atoms with E-state index in [1.807, 2.05) is 0 Å². The number of aromatic hydroxyl groups is 1. The Balaban J connectivity index is 2.53. The molecule has 0 unspecified atom stereocenters. The summed E-state index contributed by atoms with van der Waals surface area (Å²) in [6.45, 7) is 1.41. The summed E-state index contributed by atoms with van der Waals surface area (Å²) in [5.41, 5.74) is 0.862. The number of phenolic OH excluding ortho intramolecular Hbond substituents is 1. The molecule has 0 radical (unpaired) electrons. The highest BCUT2D eigenvalue weighted by Gasteiger charge is 2.10. The van der Waals surface area contributed by atoms with Gasteiger partial charge >= 0.3 is 5.97 Å². The van der Waals surface area contributed by atoms with Crippen LogP contribution in [0.3, 0.4) is 0 Å². The van der Waals surface area contributed by atoms with E-state index >= 15 is 0 Å². The third-order valence-electron chi connectivity index (χ3n) is 2.67. The Bertz CT molecular complexity index is 664. The highest BCUT2D eigenvalue weighted by Crippen LogP contribution is 2.29. The Morgan fingerprint density at radius 3 is 2.58 bits per heavy atom. The minimum atomic E-state index is -0.511. The van der Waals surface area contributed by atoms with Crippen molar-refractivity contribution in [1.82, 2.24) is 0 Å². The van der Waals surface area contributed by atoms with Gasteiger partial charge in [0.1, 0.15) is 5.75 Å². The van der Waals surface area contributed by atoms with Gasteiger partial charge in [-0.2, -0.15) is 0 Å².